The summed E-state index contributed by atoms with van der Waals surface area (Å²) in [6.07, 6.45) is 7.05. The van der Waals surface area contributed by atoms with Gasteiger partial charge in [0.05, 0.1) is 18.1 Å². The second-order valence-corrected chi connectivity index (χ2v) is 18.9. The third kappa shape index (κ3) is 17.7. The standard InChI is InChI=1S/C51H73N15O9/c1-30(2)43(49(74)59-28-42(67)68)65-48(73)41-19-12-22-66(41)50(75)37(17-9-10-20-52)62-47(72)40(24-32-26-58-35-16-8-7-15-34(32)35)64-44(69)36(18-11-21-57-51(53)54)61-46(71)39(23-31-13-5-4-6-14-31)63-45(70)38(55-3)25-33-27-56-29-60-33/h4-8,13-16,26-27,29-30,36-41,43,55,58H,9-12,17-25,28,52H2,1-3H3,(H,56,60)(H,59,74)(H,61,71)(H,62,72)(H,63,70)(H,64,69)(H,65,73)(H,67,68)(H4,53,54,57). The van der Waals surface area contributed by atoms with Gasteiger partial charge in [-0.3, -0.25) is 43.8 Å². The number of likely N-dealkylation sites (N-methyl/N-ethyl adjacent to an activating group) is 1. The number of carboxylic acid groups (broad SMARTS) is 1. The Balaban J connectivity index is 1.43. The molecule has 2 aromatic heterocycles. The molecule has 24 heteroatoms. The predicted molar refractivity (Wildman–Crippen MR) is 279 cm³/mol. The van der Waals surface area contributed by atoms with Gasteiger partial charge in [-0.05, 0) is 81.6 Å². The van der Waals surface area contributed by atoms with Gasteiger partial charge >= 0.3 is 5.97 Å². The van der Waals surface area contributed by atoms with E-state index in [4.69, 9.17) is 22.0 Å². The highest BCUT2D eigenvalue weighted by Gasteiger charge is 2.40. The Kier molecular flexibility index (Phi) is 22.5. The van der Waals surface area contributed by atoms with Crippen molar-refractivity contribution < 1.29 is 43.5 Å². The largest absolute Gasteiger partial charge is 0.480 e. The monoisotopic (exact) mass is 1040 g/mol. The van der Waals surface area contributed by atoms with Crippen molar-refractivity contribution in [2.45, 2.75) is 120 Å². The van der Waals surface area contributed by atoms with Crippen LogP contribution in [0.15, 0.2) is 73.3 Å². The quantitative estimate of drug-likeness (QED) is 0.0172. The van der Waals surface area contributed by atoms with Crippen molar-refractivity contribution in [3.05, 3.63) is 90.1 Å². The molecule has 7 amide bonds. The van der Waals surface area contributed by atoms with E-state index in [0.29, 0.717) is 37.1 Å². The number of carbonyl (C=O) groups is 8. The minimum absolute atomic E-state index is 0.00107. The van der Waals surface area contributed by atoms with Crippen LogP contribution in [0.2, 0.25) is 0 Å². The van der Waals surface area contributed by atoms with Crippen LogP contribution in [0.3, 0.4) is 0 Å². The molecule has 1 aliphatic rings. The number of unbranched alkanes of at least 4 members (excludes halogenated alkanes) is 1. The van der Waals surface area contributed by atoms with Gasteiger partial charge < -0.3 is 74.0 Å². The molecule has 7 unspecified atom stereocenters. The topological polar surface area (TPSA) is 377 Å². The molecule has 0 saturated carbocycles. The molecule has 2 aromatic carbocycles. The van der Waals surface area contributed by atoms with Crippen LogP contribution in [-0.2, 0) is 57.6 Å². The third-order valence-corrected chi connectivity index (χ3v) is 13.0. The van der Waals surface area contributed by atoms with Gasteiger partial charge in [0, 0.05) is 55.6 Å². The van der Waals surface area contributed by atoms with Gasteiger partial charge in [0.2, 0.25) is 41.4 Å². The van der Waals surface area contributed by atoms with Crippen LogP contribution in [0.25, 0.3) is 10.9 Å². The van der Waals surface area contributed by atoms with E-state index >= 15 is 0 Å². The summed E-state index contributed by atoms with van der Waals surface area (Å²) in [5, 5.41) is 39.7. The van der Waals surface area contributed by atoms with Crippen LogP contribution in [-0.4, -0.2) is 154 Å². The minimum atomic E-state index is -1.34. The van der Waals surface area contributed by atoms with E-state index < -0.39 is 102 Å². The number of likely N-dealkylation sites (tertiary alicyclic amines) is 1. The molecule has 16 N–H and O–H groups in total. The first-order chi connectivity index (χ1) is 36.0. The molecule has 7 atom stereocenters. The van der Waals surface area contributed by atoms with Crippen LogP contribution in [0.5, 0.6) is 0 Å². The van der Waals surface area contributed by atoms with Gasteiger partial charge in [-0.2, -0.15) is 0 Å². The fourth-order valence-corrected chi connectivity index (χ4v) is 8.92. The van der Waals surface area contributed by atoms with Gasteiger partial charge in [0.15, 0.2) is 5.96 Å². The summed E-state index contributed by atoms with van der Waals surface area (Å²) in [7, 11) is 1.61. The summed E-state index contributed by atoms with van der Waals surface area (Å²) in [6, 6.07) is 8.51. The lowest BCUT2D eigenvalue weighted by Crippen LogP contribution is -2.60. The Bertz CT molecular complexity index is 2560. The molecule has 1 aliphatic heterocycles. The molecule has 0 bridgehead atoms. The summed E-state index contributed by atoms with van der Waals surface area (Å²) in [5.41, 5.74) is 14.2. The van der Waals surface area contributed by atoms with Crippen LogP contribution in [0.4, 0.5) is 0 Å². The van der Waals surface area contributed by atoms with E-state index in [0.717, 1.165) is 16.5 Å². The number of para-hydroxylation sites is 1. The van der Waals surface area contributed by atoms with E-state index in [1.54, 1.807) is 57.6 Å². The Morgan fingerprint density at radius 1 is 0.760 bits per heavy atom. The van der Waals surface area contributed by atoms with E-state index in [9.17, 15) is 38.4 Å². The van der Waals surface area contributed by atoms with E-state index in [-0.39, 0.29) is 64.0 Å². The number of carbonyl (C=O) groups excluding carboxylic acids is 7. The van der Waals surface area contributed by atoms with Gasteiger partial charge in [0.25, 0.3) is 0 Å². The number of aliphatic carboxylic acids is 1. The van der Waals surface area contributed by atoms with Crippen LogP contribution >= 0.6 is 0 Å². The minimum Gasteiger partial charge on any atom is -0.480 e. The van der Waals surface area contributed by atoms with Crippen LogP contribution < -0.4 is 54.0 Å². The zero-order valence-electron chi connectivity index (χ0n) is 42.7. The average molecular weight is 1040 g/mol. The van der Waals surface area contributed by atoms with E-state index in [2.05, 4.69) is 57.5 Å². The number of nitrogens with one attached hydrogen (secondary N) is 11. The van der Waals surface area contributed by atoms with Crippen molar-refractivity contribution in [2.75, 3.05) is 33.2 Å². The fraction of sp³-hybridized carbons (Fsp3) is 0.490. The first-order valence-electron chi connectivity index (χ1n) is 25.3. The van der Waals surface area contributed by atoms with Gasteiger partial charge in [-0.1, -0.05) is 62.4 Å². The lowest BCUT2D eigenvalue weighted by atomic mass is 10.0. The number of rotatable bonds is 30. The molecule has 0 radical (unpaired) electrons. The number of hydrogen-bond acceptors (Lipinski definition) is 12. The van der Waals surface area contributed by atoms with E-state index in [1.165, 1.54) is 11.2 Å². The second-order valence-electron chi connectivity index (χ2n) is 18.9. The number of aromatic amines is 2. The molecule has 0 spiro atoms. The number of carboxylic acids is 1. The Morgan fingerprint density at radius 3 is 2.05 bits per heavy atom. The zero-order valence-corrected chi connectivity index (χ0v) is 42.7. The first-order valence-corrected chi connectivity index (χ1v) is 25.3. The van der Waals surface area contributed by atoms with Crippen molar-refractivity contribution in [1.82, 2.24) is 62.4 Å². The van der Waals surface area contributed by atoms with Crippen molar-refractivity contribution in [3.63, 3.8) is 0 Å². The summed E-state index contributed by atoms with van der Waals surface area (Å²) in [5.74, 6) is -6.53. The normalized spacial score (nSPS) is 15.6. The number of nitrogens with two attached hydrogens (primary N) is 2. The molecule has 75 heavy (non-hydrogen) atoms. The number of benzene rings is 2. The van der Waals surface area contributed by atoms with E-state index in [1.807, 2.05) is 30.3 Å². The number of fused-ring (bicyclic) bond motifs is 1. The summed E-state index contributed by atoms with van der Waals surface area (Å²) < 4.78 is 0. The SMILES string of the molecule is CNC(Cc1c[nH]cn1)C(=O)NC(Cc1ccccc1)C(=O)NC(CCCNC(=N)N)C(=O)NC(Cc1c[nH]c2ccccc12)C(=O)NC(CCCCN)C(=O)N1CCCC1C(=O)NC(C(=O)NCC(=O)O)C(C)C. The highest BCUT2D eigenvalue weighted by molar-refractivity contribution is 5.98. The number of guanidine groups is 1. The van der Waals surface area contributed by atoms with Gasteiger partial charge in [-0.25, -0.2) is 4.98 Å². The van der Waals surface area contributed by atoms with Crippen LogP contribution in [0.1, 0.15) is 75.6 Å². The van der Waals surface area contributed by atoms with Crippen molar-refractivity contribution in [3.8, 4) is 0 Å². The summed E-state index contributed by atoms with van der Waals surface area (Å²) in [6.45, 7) is 3.36. The number of imidazole rings is 1. The molecule has 4 aromatic rings. The highest BCUT2D eigenvalue weighted by Crippen LogP contribution is 2.23. The Morgan fingerprint density at radius 2 is 1.40 bits per heavy atom. The van der Waals surface area contributed by atoms with Crippen LogP contribution in [0, 0.1) is 11.3 Å². The van der Waals surface area contributed by atoms with Crippen molar-refractivity contribution in [1.29, 1.82) is 5.41 Å². The summed E-state index contributed by atoms with van der Waals surface area (Å²) in [4.78, 5) is 122. The third-order valence-electron chi connectivity index (χ3n) is 13.0. The van der Waals surface area contributed by atoms with Gasteiger partial charge in [-0.15, -0.1) is 0 Å². The average Bonchev–Trinajstić information content (AvgIpc) is 4.19. The number of hydrogen-bond donors (Lipinski definition) is 14. The number of nitrogens with zero attached hydrogens (tertiary/aromatic N) is 2. The molecular formula is C51H73N15O9. The van der Waals surface area contributed by atoms with Crippen molar-refractivity contribution >= 4 is 64.2 Å². The lowest BCUT2D eigenvalue weighted by molar-refractivity contribution is -0.143. The Labute approximate surface area is 435 Å². The fourth-order valence-electron chi connectivity index (χ4n) is 8.92. The smallest absolute Gasteiger partial charge is 0.322 e. The van der Waals surface area contributed by atoms with Crippen molar-refractivity contribution in [2.24, 2.45) is 17.4 Å². The number of H-pyrrole nitrogens is 2. The molecule has 5 rings (SSSR count). The molecule has 0 aliphatic carbocycles. The van der Waals surface area contributed by atoms with Gasteiger partial charge in [0.1, 0.15) is 42.8 Å². The maximum absolute atomic E-state index is 14.9. The predicted octanol–water partition coefficient (Wildman–Crippen LogP) is -0.829. The lowest BCUT2D eigenvalue weighted by Gasteiger charge is -2.31. The molecule has 24 nitrogen and oxygen atoms in total. The molecule has 406 valence electrons. The molecule has 1 fully saturated rings. The number of amides is 7. The second kappa shape index (κ2) is 29.1. The first kappa shape index (κ1) is 58.0. The molecule has 1 saturated heterocycles. The zero-order chi connectivity index (χ0) is 54.4. The molecular weight excluding hydrogens is 967 g/mol. The maximum atomic E-state index is 14.9. The Hall–Kier alpha value is -7.86. The number of aromatic nitrogens is 3. The summed E-state index contributed by atoms with van der Waals surface area (Å²) >= 11 is 0. The molecule has 3 heterocycles. The maximum Gasteiger partial charge on any atom is 0.322 e. The highest BCUT2D eigenvalue weighted by atomic mass is 16.4.